The third kappa shape index (κ3) is 2.21. The first-order valence-electron chi connectivity index (χ1n) is 2.33. The number of hydrogen-bond acceptors (Lipinski definition) is 1. The van der Waals surface area contributed by atoms with Crippen LogP contribution in [0.5, 0.6) is 0 Å². The lowest BCUT2D eigenvalue weighted by Crippen LogP contribution is -1.83. The minimum atomic E-state index is 1.06. The molecule has 0 rings (SSSR count). The molecule has 0 heterocycles. The summed E-state index contributed by atoms with van der Waals surface area (Å²) in [5, 5.41) is 6.76. The molecule has 0 spiro atoms. The molecule has 0 aliphatic heterocycles. The second-order valence-electron chi connectivity index (χ2n) is 1.83. The zero-order valence-corrected chi connectivity index (χ0v) is 5.08. The van der Waals surface area contributed by atoms with Gasteiger partial charge in [-0.3, -0.25) is 0 Å². The monoisotopic (exact) mass is 95.1 g/mol. The molecule has 38 valence electrons. The molecule has 0 unspecified atom stereocenters. The van der Waals surface area contributed by atoms with Crippen LogP contribution in [-0.2, 0) is 0 Å². The molecule has 0 radical (unpaired) electrons. The number of allylic oxidation sites excluding steroid dienone is 2. The molecule has 2 heteroatoms. The van der Waals surface area contributed by atoms with Crippen LogP contribution in [0.4, 0.5) is 0 Å². The van der Waals surface area contributed by atoms with Gasteiger partial charge in [0.15, 0.2) is 0 Å². The van der Waals surface area contributed by atoms with Crippen molar-refractivity contribution in [2.45, 2.75) is 13.8 Å². The standard InChI is InChI=1S/C5H10BN/c1-4(2)5(6)3-7/h3,7H,6H2,1-2H3. The summed E-state index contributed by atoms with van der Waals surface area (Å²) in [7, 11) is 1.93. The van der Waals surface area contributed by atoms with Gasteiger partial charge < -0.3 is 5.41 Å². The lowest BCUT2D eigenvalue weighted by Gasteiger charge is -1.89. The van der Waals surface area contributed by atoms with E-state index >= 15 is 0 Å². The largest absolute Gasteiger partial charge is 0.309 e. The highest BCUT2D eigenvalue weighted by Gasteiger charge is 1.80. The van der Waals surface area contributed by atoms with Gasteiger partial charge in [-0.1, -0.05) is 11.0 Å². The van der Waals surface area contributed by atoms with Crippen LogP contribution in [0.2, 0.25) is 0 Å². The molecule has 0 aliphatic rings. The van der Waals surface area contributed by atoms with Crippen LogP contribution in [-0.4, -0.2) is 14.1 Å². The lowest BCUT2D eigenvalue weighted by atomic mass is 9.93. The molecule has 0 bridgehead atoms. The predicted molar refractivity (Wildman–Crippen MR) is 35.7 cm³/mol. The molecular formula is C5H10BN. The third-order valence-electron chi connectivity index (χ3n) is 1.01. The molecule has 0 aromatic carbocycles. The Kier molecular flexibility index (Phi) is 2.42. The first kappa shape index (κ1) is 6.47. The molecule has 1 N–H and O–H groups in total. The first-order chi connectivity index (χ1) is 3.18. The zero-order chi connectivity index (χ0) is 5.86. The molecule has 1 nitrogen and oxygen atoms in total. The molecule has 0 aromatic heterocycles. The van der Waals surface area contributed by atoms with E-state index in [0.717, 1.165) is 5.47 Å². The van der Waals surface area contributed by atoms with E-state index in [1.54, 1.807) is 0 Å². The Morgan fingerprint density at radius 3 is 2.00 bits per heavy atom. The maximum Gasteiger partial charge on any atom is 0.141 e. The van der Waals surface area contributed by atoms with E-state index in [4.69, 9.17) is 5.41 Å². The summed E-state index contributed by atoms with van der Waals surface area (Å²) in [6, 6.07) is 0. The highest BCUT2D eigenvalue weighted by Crippen LogP contribution is 1.91. The van der Waals surface area contributed by atoms with Crippen molar-refractivity contribution in [2.75, 3.05) is 0 Å². The topological polar surface area (TPSA) is 23.9 Å². The number of rotatable bonds is 1. The van der Waals surface area contributed by atoms with Gasteiger partial charge in [0.25, 0.3) is 0 Å². The summed E-state index contributed by atoms with van der Waals surface area (Å²) in [4.78, 5) is 0. The van der Waals surface area contributed by atoms with E-state index in [2.05, 4.69) is 0 Å². The van der Waals surface area contributed by atoms with Crippen molar-refractivity contribution < 1.29 is 0 Å². The Morgan fingerprint density at radius 2 is 2.00 bits per heavy atom. The second kappa shape index (κ2) is 2.62. The Hall–Kier alpha value is -0.525. The smallest absolute Gasteiger partial charge is 0.141 e. The lowest BCUT2D eigenvalue weighted by molar-refractivity contribution is 1.39. The molecule has 0 fully saturated rings. The fraction of sp³-hybridized carbons (Fsp3) is 0.400. The highest BCUT2D eigenvalue weighted by molar-refractivity contribution is 6.32. The molecule has 0 aromatic rings. The van der Waals surface area contributed by atoms with Crippen LogP contribution in [0.25, 0.3) is 0 Å². The zero-order valence-electron chi connectivity index (χ0n) is 5.08. The van der Waals surface area contributed by atoms with Gasteiger partial charge in [0.05, 0.1) is 0 Å². The van der Waals surface area contributed by atoms with Crippen molar-refractivity contribution >= 4 is 14.1 Å². The first-order valence-corrected chi connectivity index (χ1v) is 2.33. The van der Waals surface area contributed by atoms with Crippen LogP contribution in [0.1, 0.15) is 13.8 Å². The van der Waals surface area contributed by atoms with Gasteiger partial charge in [-0.2, -0.15) is 0 Å². The number of nitrogens with one attached hydrogen (secondary N) is 1. The Morgan fingerprint density at radius 1 is 1.57 bits per heavy atom. The molecule has 0 aliphatic carbocycles. The normalized spacial score (nSPS) is 7.71. The van der Waals surface area contributed by atoms with Crippen molar-refractivity contribution in [3.05, 3.63) is 11.0 Å². The molecule has 7 heavy (non-hydrogen) atoms. The van der Waals surface area contributed by atoms with Gasteiger partial charge >= 0.3 is 0 Å². The van der Waals surface area contributed by atoms with Gasteiger partial charge in [-0.15, -0.1) is 0 Å². The predicted octanol–water partition coefficient (Wildman–Crippen LogP) is 0.563. The van der Waals surface area contributed by atoms with Gasteiger partial charge in [0.2, 0.25) is 0 Å². The highest BCUT2D eigenvalue weighted by atomic mass is 14.3. The quantitative estimate of drug-likeness (QED) is 0.363. The van der Waals surface area contributed by atoms with E-state index < -0.39 is 0 Å². The van der Waals surface area contributed by atoms with Crippen LogP contribution in [0.15, 0.2) is 11.0 Å². The fourth-order valence-electron chi connectivity index (χ4n) is 0.144. The fourth-order valence-corrected chi connectivity index (χ4v) is 0.144. The summed E-state index contributed by atoms with van der Waals surface area (Å²) in [5.41, 5.74) is 2.27. The van der Waals surface area contributed by atoms with Gasteiger partial charge in [-0.05, 0) is 13.8 Å². The minimum absolute atomic E-state index is 1.06. The maximum atomic E-state index is 6.76. The van der Waals surface area contributed by atoms with E-state index in [0.29, 0.717) is 0 Å². The van der Waals surface area contributed by atoms with Crippen LogP contribution in [0.3, 0.4) is 0 Å². The SMILES string of the molecule is BC(C=N)=C(C)C. The van der Waals surface area contributed by atoms with Gasteiger partial charge in [-0.25, -0.2) is 0 Å². The Bertz CT molecular complexity index is 101. The van der Waals surface area contributed by atoms with Gasteiger partial charge in [0.1, 0.15) is 7.85 Å². The van der Waals surface area contributed by atoms with Crippen LogP contribution in [0, 0.1) is 5.41 Å². The van der Waals surface area contributed by atoms with Crippen molar-refractivity contribution in [3.63, 3.8) is 0 Å². The van der Waals surface area contributed by atoms with E-state index in [1.165, 1.54) is 11.8 Å². The third-order valence-corrected chi connectivity index (χ3v) is 1.01. The van der Waals surface area contributed by atoms with Crippen molar-refractivity contribution in [1.82, 2.24) is 0 Å². The molecule has 0 saturated heterocycles. The van der Waals surface area contributed by atoms with Crippen molar-refractivity contribution in [1.29, 1.82) is 5.41 Å². The van der Waals surface area contributed by atoms with Crippen molar-refractivity contribution in [2.24, 2.45) is 0 Å². The van der Waals surface area contributed by atoms with Crippen LogP contribution >= 0.6 is 0 Å². The molecule has 0 amide bonds. The summed E-state index contributed by atoms with van der Waals surface area (Å²) in [6.45, 7) is 4.00. The Labute approximate surface area is 45.3 Å². The average Bonchev–Trinajstić information content (AvgIpc) is 1.65. The molecule has 0 saturated carbocycles. The summed E-state index contributed by atoms with van der Waals surface area (Å²) in [5.74, 6) is 0. The summed E-state index contributed by atoms with van der Waals surface area (Å²) >= 11 is 0. The van der Waals surface area contributed by atoms with Crippen LogP contribution < -0.4 is 0 Å². The maximum absolute atomic E-state index is 6.76. The summed E-state index contributed by atoms with van der Waals surface area (Å²) < 4.78 is 0. The van der Waals surface area contributed by atoms with E-state index in [9.17, 15) is 0 Å². The molecule has 0 atom stereocenters. The second-order valence-corrected chi connectivity index (χ2v) is 1.83. The van der Waals surface area contributed by atoms with Gasteiger partial charge in [0, 0.05) is 6.21 Å². The van der Waals surface area contributed by atoms with Crippen molar-refractivity contribution in [3.8, 4) is 0 Å². The number of hydrogen-bond donors (Lipinski definition) is 1. The van der Waals surface area contributed by atoms with E-state index in [1.807, 2.05) is 21.7 Å². The average molecular weight is 95.0 g/mol. The Balaban J connectivity index is 3.98. The minimum Gasteiger partial charge on any atom is -0.309 e. The summed E-state index contributed by atoms with van der Waals surface area (Å²) in [6.07, 6.45) is 1.37. The van der Waals surface area contributed by atoms with E-state index in [-0.39, 0.29) is 0 Å². The molecular weight excluding hydrogens is 84.9 g/mol.